The van der Waals surface area contributed by atoms with Gasteiger partial charge in [0.2, 0.25) is 10.0 Å². The van der Waals surface area contributed by atoms with Gasteiger partial charge in [0, 0.05) is 13.1 Å². The Balaban J connectivity index is 1.89. The number of fused-ring (bicyclic) bond motifs is 1. The summed E-state index contributed by atoms with van der Waals surface area (Å²) in [5, 5.41) is 14.4. The van der Waals surface area contributed by atoms with Gasteiger partial charge in [-0.1, -0.05) is 55.5 Å². The summed E-state index contributed by atoms with van der Waals surface area (Å²) in [6, 6.07) is 13.3. The van der Waals surface area contributed by atoms with E-state index in [1.807, 2.05) is 44.2 Å². The summed E-state index contributed by atoms with van der Waals surface area (Å²) in [6.45, 7) is 9.04. The Morgan fingerprint density at radius 3 is 2.46 bits per heavy atom. The van der Waals surface area contributed by atoms with Gasteiger partial charge in [-0.3, -0.25) is 0 Å². The van der Waals surface area contributed by atoms with Crippen molar-refractivity contribution in [1.29, 1.82) is 0 Å². The number of aromatic nitrogens is 1. The number of rotatable bonds is 10. The first kappa shape index (κ1) is 28.8. The predicted molar refractivity (Wildman–Crippen MR) is 147 cm³/mol. The highest BCUT2D eigenvalue weighted by Crippen LogP contribution is 2.28. The molecule has 4 N–H and O–H groups in total. The second-order valence-corrected chi connectivity index (χ2v) is 13.4. The largest absolute Gasteiger partial charge is 0.444 e. The SMILES string of the molecule is CC(C)CN(CC(O)C(Cc1ccccc1)NC(=O)OC(C)(C)C)S(=O)(=O)c1ccc2nc(N)sc2c1. The maximum absolute atomic E-state index is 13.7. The van der Waals surface area contributed by atoms with Crippen LogP contribution in [-0.4, -0.2) is 59.7 Å². The number of anilines is 1. The van der Waals surface area contributed by atoms with Crippen LogP contribution in [0.4, 0.5) is 9.93 Å². The normalized spacial score (nSPS) is 14.2. The first-order chi connectivity index (χ1) is 17.2. The van der Waals surface area contributed by atoms with Gasteiger partial charge in [-0.2, -0.15) is 4.31 Å². The topological polar surface area (TPSA) is 135 Å². The molecule has 202 valence electrons. The lowest BCUT2D eigenvalue weighted by atomic mass is 10.0. The Kier molecular flexibility index (Phi) is 9.17. The van der Waals surface area contributed by atoms with Gasteiger partial charge in [0.05, 0.1) is 27.3 Å². The summed E-state index contributed by atoms with van der Waals surface area (Å²) in [7, 11) is -3.97. The Morgan fingerprint density at radius 1 is 1.16 bits per heavy atom. The van der Waals surface area contributed by atoms with E-state index in [0.29, 0.717) is 21.8 Å². The summed E-state index contributed by atoms with van der Waals surface area (Å²) < 4.78 is 34.7. The van der Waals surface area contributed by atoms with Gasteiger partial charge >= 0.3 is 6.09 Å². The Bertz CT molecular complexity index is 1300. The number of thiazole rings is 1. The van der Waals surface area contributed by atoms with Crippen molar-refractivity contribution in [2.75, 3.05) is 18.8 Å². The minimum atomic E-state index is -3.97. The average Bonchev–Trinajstić information content (AvgIpc) is 3.16. The van der Waals surface area contributed by atoms with Crippen LogP contribution in [0.3, 0.4) is 0 Å². The minimum Gasteiger partial charge on any atom is -0.444 e. The molecule has 11 heteroatoms. The van der Waals surface area contributed by atoms with E-state index in [9.17, 15) is 18.3 Å². The number of aliphatic hydroxyl groups excluding tert-OH is 1. The number of hydrogen-bond acceptors (Lipinski definition) is 8. The molecule has 3 aromatic rings. The number of aliphatic hydroxyl groups is 1. The van der Waals surface area contributed by atoms with Gasteiger partial charge in [0.25, 0.3) is 0 Å². The number of amides is 1. The van der Waals surface area contributed by atoms with Gasteiger partial charge in [-0.15, -0.1) is 0 Å². The Morgan fingerprint density at radius 2 is 1.84 bits per heavy atom. The second kappa shape index (κ2) is 11.8. The van der Waals surface area contributed by atoms with Crippen LogP contribution in [0.1, 0.15) is 40.2 Å². The van der Waals surface area contributed by atoms with Crippen molar-refractivity contribution in [1.82, 2.24) is 14.6 Å². The third-order valence-corrected chi connectivity index (χ3v) is 8.11. The molecule has 0 radical (unpaired) electrons. The summed E-state index contributed by atoms with van der Waals surface area (Å²) in [4.78, 5) is 16.9. The van der Waals surface area contributed by atoms with E-state index >= 15 is 0 Å². The molecule has 9 nitrogen and oxygen atoms in total. The predicted octanol–water partition coefficient (Wildman–Crippen LogP) is 4.02. The number of nitrogens with zero attached hydrogens (tertiary/aromatic N) is 2. The molecule has 1 amide bonds. The van der Waals surface area contributed by atoms with Crippen LogP contribution >= 0.6 is 11.3 Å². The van der Waals surface area contributed by atoms with Gasteiger partial charge in [0.1, 0.15) is 5.60 Å². The highest BCUT2D eigenvalue weighted by molar-refractivity contribution is 7.89. The van der Waals surface area contributed by atoms with Gasteiger partial charge in [-0.05, 0) is 56.9 Å². The standard InChI is InChI=1S/C26H36N4O5S2/c1-17(2)15-30(37(33,34)19-11-12-20-23(14-19)36-24(27)28-20)16-22(31)21(13-18-9-7-6-8-10-18)29-25(32)35-26(3,4)5/h6-12,14,17,21-22,31H,13,15-16H2,1-5H3,(H2,27,28)(H,29,32). The molecule has 0 aliphatic heterocycles. The Hall–Kier alpha value is -2.73. The first-order valence-corrected chi connectivity index (χ1v) is 14.4. The molecule has 3 rings (SSSR count). The van der Waals surface area contributed by atoms with Crippen molar-refractivity contribution >= 4 is 42.8 Å². The van der Waals surface area contributed by atoms with E-state index in [1.165, 1.54) is 21.7 Å². The van der Waals surface area contributed by atoms with E-state index in [0.717, 1.165) is 5.56 Å². The number of benzene rings is 2. The van der Waals surface area contributed by atoms with Crippen LogP contribution in [-0.2, 0) is 21.2 Å². The molecule has 0 aliphatic carbocycles. The van der Waals surface area contributed by atoms with E-state index in [2.05, 4.69) is 10.3 Å². The monoisotopic (exact) mass is 548 g/mol. The highest BCUT2D eigenvalue weighted by atomic mass is 32.2. The molecule has 1 heterocycles. The zero-order valence-corrected chi connectivity index (χ0v) is 23.5. The van der Waals surface area contributed by atoms with Crippen LogP contribution in [0, 0.1) is 5.92 Å². The lowest BCUT2D eigenvalue weighted by Crippen LogP contribution is -2.51. The van der Waals surface area contributed by atoms with E-state index in [1.54, 1.807) is 32.9 Å². The van der Waals surface area contributed by atoms with Crippen molar-refractivity contribution in [3.8, 4) is 0 Å². The fourth-order valence-corrected chi connectivity index (χ4v) is 6.35. The number of hydrogen-bond donors (Lipinski definition) is 3. The maximum atomic E-state index is 13.7. The highest BCUT2D eigenvalue weighted by Gasteiger charge is 2.32. The number of carbonyl (C=O) groups excluding carboxylic acids is 1. The Labute approximate surface area is 222 Å². The van der Waals surface area contributed by atoms with E-state index in [-0.39, 0.29) is 23.9 Å². The quantitative estimate of drug-likeness (QED) is 0.348. The van der Waals surface area contributed by atoms with Gasteiger partial charge in [-0.25, -0.2) is 18.2 Å². The summed E-state index contributed by atoms with van der Waals surface area (Å²) >= 11 is 1.21. The minimum absolute atomic E-state index is 0.00357. The number of nitrogens with one attached hydrogen (secondary N) is 1. The smallest absolute Gasteiger partial charge is 0.407 e. The van der Waals surface area contributed by atoms with Crippen molar-refractivity contribution < 1.29 is 23.1 Å². The molecule has 2 atom stereocenters. The molecular weight excluding hydrogens is 512 g/mol. The number of alkyl carbamates (subject to hydrolysis) is 1. The fraction of sp³-hybridized carbons (Fsp3) is 0.462. The maximum Gasteiger partial charge on any atom is 0.407 e. The fourth-order valence-electron chi connectivity index (χ4n) is 3.86. The van der Waals surface area contributed by atoms with E-state index < -0.39 is 33.9 Å². The number of sulfonamides is 1. The van der Waals surface area contributed by atoms with Crippen LogP contribution in [0.15, 0.2) is 53.4 Å². The molecular formula is C26H36N4O5S2. The van der Waals surface area contributed by atoms with Gasteiger partial charge in [0.15, 0.2) is 5.13 Å². The zero-order chi connectivity index (χ0) is 27.4. The third kappa shape index (κ3) is 8.13. The molecule has 2 unspecified atom stereocenters. The summed E-state index contributed by atoms with van der Waals surface area (Å²) in [5.74, 6) is -0.00357. The molecule has 1 aromatic heterocycles. The molecule has 0 bridgehead atoms. The molecule has 0 saturated carbocycles. The van der Waals surface area contributed by atoms with E-state index in [4.69, 9.17) is 10.5 Å². The lowest BCUT2D eigenvalue weighted by Gasteiger charge is -2.31. The first-order valence-electron chi connectivity index (χ1n) is 12.1. The molecule has 0 spiro atoms. The molecule has 0 fully saturated rings. The van der Waals surface area contributed by atoms with Crippen LogP contribution in [0.5, 0.6) is 0 Å². The van der Waals surface area contributed by atoms with Crippen molar-refractivity contribution in [2.24, 2.45) is 5.92 Å². The summed E-state index contributed by atoms with van der Waals surface area (Å²) in [6.07, 6.45) is -1.59. The van der Waals surface area contributed by atoms with Gasteiger partial charge < -0.3 is 20.9 Å². The zero-order valence-electron chi connectivity index (χ0n) is 21.8. The molecule has 0 aliphatic rings. The van der Waals surface area contributed by atoms with Crippen molar-refractivity contribution in [2.45, 2.75) is 63.7 Å². The third-order valence-electron chi connectivity index (χ3n) is 5.44. The van der Waals surface area contributed by atoms with Crippen molar-refractivity contribution in [3.63, 3.8) is 0 Å². The molecule has 0 saturated heterocycles. The number of ether oxygens (including phenoxy) is 1. The van der Waals surface area contributed by atoms with Crippen molar-refractivity contribution in [3.05, 3.63) is 54.1 Å². The number of nitrogens with two attached hydrogens (primary N) is 1. The number of nitrogen functional groups attached to an aromatic ring is 1. The molecule has 37 heavy (non-hydrogen) atoms. The van der Waals surface area contributed by atoms with Crippen LogP contribution in [0.2, 0.25) is 0 Å². The lowest BCUT2D eigenvalue weighted by molar-refractivity contribution is 0.0400. The second-order valence-electron chi connectivity index (χ2n) is 10.4. The average molecular weight is 549 g/mol. The molecule has 2 aromatic carbocycles. The number of carbonyl (C=O) groups is 1. The van der Waals surface area contributed by atoms with Crippen LogP contribution in [0.25, 0.3) is 10.2 Å². The van der Waals surface area contributed by atoms with Crippen LogP contribution < -0.4 is 11.1 Å². The summed E-state index contributed by atoms with van der Waals surface area (Å²) in [5.41, 5.74) is 6.57.